The van der Waals surface area contributed by atoms with Crippen LogP contribution in [-0.2, 0) is 0 Å². The molecule has 0 bridgehead atoms. The lowest BCUT2D eigenvalue weighted by molar-refractivity contribution is 0.272. The average molecular weight is 153 g/mol. The highest BCUT2D eigenvalue weighted by Gasteiger charge is 2.43. The molecule has 0 N–H and O–H groups in total. The van der Waals surface area contributed by atoms with Crippen molar-refractivity contribution in [1.29, 1.82) is 0 Å². The lowest BCUT2D eigenvalue weighted by Crippen LogP contribution is -2.26. The SMILES string of the molecule is CC1CN(C)C(C)C1C1CC1. The summed E-state index contributed by atoms with van der Waals surface area (Å²) in [4.78, 5) is 2.52. The van der Waals surface area contributed by atoms with Gasteiger partial charge >= 0.3 is 0 Å². The Balaban J connectivity index is 2.05. The van der Waals surface area contributed by atoms with Gasteiger partial charge < -0.3 is 4.90 Å². The third kappa shape index (κ3) is 1.20. The zero-order chi connectivity index (χ0) is 8.01. The second kappa shape index (κ2) is 2.48. The number of rotatable bonds is 1. The van der Waals surface area contributed by atoms with E-state index in [9.17, 15) is 0 Å². The topological polar surface area (TPSA) is 3.24 Å². The molecule has 2 fully saturated rings. The summed E-state index contributed by atoms with van der Waals surface area (Å²) in [7, 11) is 2.27. The van der Waals surface area contributed by atoms with E-state index < -0.39 is 0 Å². The van der Waals surface area contributed by atoms with Gasteiger partial charge in [-0.25, -0.2) is 0 Å². The van der Waals surface area contributed by atoms with Gasteiger partial charge in [-0.05, 0) is 44.6 Å². The maximum atomic E-state index is 2.52. The van der Waals surface area contributed by atoms with Gasteiger partial charge in [-0.15, -0.1) is 0 Å². The molecule has 1 heteroatoms. The molecule has 1 aliphatic heterocycles. The van der Waals surface area contributed by atoms with Crippen LogP contribution in [0, 0.1) is 17.8 Å². The van der Waals surface area contributed by atoms with Crippen molar-refractivity contribution < 1.29 is 0 Å². The van der Waals surface area contributed by atoms with Gasteiger partial charge in [0.15, 0.2) is 0 Å². The second-order valence-corrected chi connectivity index (χ2v) is 4.57. The molecule has 64 valence electrons. The molecule has 11 heavy (non-hydrogen) atoms. The van der Waals surface area contributed by atoms with Crippen molar-refractivity contribution in [2.75, 3.05) is 13.6 Å². The Kier molecular flexibility index (Phi) is 1.71. The van der Waals surface area contributed by atoms with Crippen LogP contribution in [0.2, 0.25) is 0 Å². The van der Waals surface area contributed by atoms with E-state index in [1.807, 2.05) is 0 Å². The molecule has 0 aromatic carbocycles. The quantitative estimate of drug-likeness (QED) is 0.557. The van der Waals surface area contributed by atoms with E-state index in [0.717, 1.165) is 23.8 Å². The summed E-state index contributed by atoms with van der Waals surface area (Å²) in [5, 5.41) is 0. The molecular formula is C10H19N. The van der Waals surface area contributed by atoms with Gasteiger partial charge in [0, 0.05) is 12.6 Å². The van der Waals surface area contributed by atoms with Crippen LogP contribution in [0.5, 0.6) is 0 Å². The van der Waals surface area contributed by atoms with Crippen molar-refractivity contribution in [3.8, 4) is 0 Å². The lowest BCUT2D eigenvalue weighted by Gasteiger charge is -2.20. The lowest BCUT2D eigenvalue weighted by atomic mass is 9.88. The number of likely N-dealkylation sites (tertiary alicyclic amines) is 1. The molecule has 1 heterocycles. The molecule has 0 aromatic heterocycles. The molecule has 2 rings (SSSR count). The first-order valence-corrected chi connectivity index (χ1v) is 4.90. The maximum Gasteiger partial charge on any atom is 0.00979 e. The predicted molar refractivity (Wildman–Crippen MR) is 47.5 cm³/mol. The average Bonchev–Trinajstić information content (AvgIpc) is 2.68. The van der Waals surface area contributed by atoms with E-state index in [1.54, 1.807) is 0 Å². The van der Waals surface area contributed by atoms with Crippen molar-refractivity contribution in [3.05, 3.63) is 0 Å². The smallest absolute Gasteiger partial charge is 0.00979 e. The fourth-order valence-corrected chi connectivity index (χ4v) is 2.85. The predicted octanol–water partition coefficient (Wildman–Crippen LogP) is 1.98. The number of nitrogens with zero attached hydrogens (tertiary/aromatic N) is 1. The van der Waals surface area contributed by atoms with E-state index in [2.05, 4.69) is 25.8 Å². The minimum absolute atomic E-state index is 0.845. The van der Waals surface area contributed by atoms with Gasteiger partial charge in [-0.2, -0.15) is 0 Å². The molecule has 0 aromatic rings. The molecule has 0 amide bonds. The molecular weight excluding hydrogens is 134 g/mol. The van der Waals surface area contributed by atoms with Gasteiger partial charge in [-0.3, -0.25) is 0 Å². The first-order chi connectivity index (χ1) is 5.20. The van der Waals surface area contributed by atoms with Crippen molar-refractivity contribution in [1.82, 2.24) is 4.90 Å². The fraction of sp³-hybridized carbons (Fsp3) is 1.00. The standard InChI is InChI=1S/C10H19N/c1-7-6-11(3)8(2)10(7)9-4-5-9/h7-10H,4-6H2,1-3H3. The van der Waals surface area contributed by atoms with Crippen molar-refractivity contribution in [3.63, 3.8) is 0 Å². The number of hydrogen-bond donors (Lipinski definition) is 0. The second-order valence-electron chi connectivity index (χ2n) is 4.57. The van der Waals surface area contributed by atoms with Gasteiger partial charge in [-0.1, -0.05) is 6.92 Å². The van der Waals surface area contributed by atoms with E-state index >= 15 is 0 Å². The van der Waals surface area contributed by atoms with Gasteiger partial charge in [0.1, 0.15) is 0 Å². The summed E-state index contributed by atoms with van der Waals surface area (Å²) >= 11 is 0. The van der Waals surface area contributed by atoms with Crippen LogP contribution in [0.25, 0.3) is 0 Å². The largest absolute Gasteiger partial charge is 0.303 e. The molecule has 0 spiro atoms. The Labute approximate surface area is 69.8 Å². The first-order valence-electron chi connectivity index (χ1n) is 4.90. The molecule has 1 saturated heterocycles. The van der Waals surface area contributed by atoms with Crippen LogP contribution >= 0.6 is 0 Å². The summed E-state index contributed by atoms with van der Waals surface area (Å²) in [6, 6.07) is 0.845. The van der Waals surface area contributed by atoms with Gasteiger partial charge in [0.05, 0.1) is 0 Å². The van der Waals surface area contributed by atoms with Crippen LogP contribution in [0.1, 0.15) is 26.7 Å². The minimum atomic E-state index is 0.845. The minimum Gasteiger partial charge on any atom is -0.303 e. The normalized spacial score (nSPS) is 46.6. The summed E-state index contributed by atoms with van der Waals surface area (Å²) in [5.41, 5.74) is 0. The van der Waals surface area contributed by atoms with E-state index in [1.165, 1.54) is 19.4 Å². The van der Waals surface area contributed by atoms with Crippen LogP contribution < -0.4 is 0 Å². The summed E-state index contributed by atoms with van der Waals surface area (Å²) in [5.74, 6) is 3.05. The van der Waals surface area contributed by atoms with E-state index in [0.29, 0.717) is 0 Å². The van der Waals surface area contributed by atoms with E-state index in [-0.39, 0.29) is 0 Å². The molecule has 3 atom stereocenters. The van der Waals surface area contributed by atoms with Crippen molar-refractivity contribution in [2.45, 2.75) is 32.7 Å². The van der Waals surface area contributed by atoms with E-state index in [4.69, 9.17) is 0 Å². The summed E-state index contributed by atoms with van der Waals surface area (Å²) < 4.78 is 0. The molecule has 1 aliphatic carbocycles. The Bertz CT molecular complexity index is 151. The highest BCUT2D eigenvalue weighted by atomic mass is 15.2. The van der Waals surface area contributed by atoms with Crippen LogP contribution in [0.15, 0.2) is 0 Å². The van der Waals surface area contributed by atoms with Crippen molar-refractivity contribution in [2.24, 2.45) is 17.8 Å². The molecule has 2 aliphatic rings. The monoisotopic (exact) mass is 153 g/mol. The Morgan fingerprint density at radius 1 is 1.18 bits per heavy atom. The third-order valence-corrected chi connectivity index (χ3v) is 3.65. The molecule has 0 radical (unpaired) electrons. The molecule has 1 nitrogen and oxygen atoms in total. The Morgan fingerprint density at radius 3 is 2.18 bits per heavy atom. The van der Waals surface area contributed by atoms with Crippen LogP contribution in [0.4, 0.5) is 0 Å². The first kappa shape index (κ1) is 7.60. The summed E-state index contributed by atoms with van der Waals surface area (Å²) in [6.07, 6.45) is 3.01. The summed E-state index contributed by atoms with van der Waals surface area (Å²) in [6.45, 7) is 6.14. The Hall–Kier alpha value is -0.0400. The Morgan fingerprint density at radius 2 is 1.82 bits per heavy atom. The number of hydrogen-bond acceptors (Lipinski definition) is 1. The molecule has 1 saturated carbocycles. The van der Waals surface area contributed by atoms with Crippen LogP contribution in [0.3, 0.4) is 0 Å². The highest BCUT2D eigenvalue weighted by Crippen LogP contribution is 2.46. The van der Waals surface area contributed by atoms with Crippen molar-refractivity contribution >= 4 is 0 Å². The van der Waals surface area contributed by atoms with Gasteiger partial charge in [0.2, 0.25) is 0 Å². The molecule has 3 unspecified atom stereocenters. The maximum absolute atomic E-state index is 2.52. The zero-order valence-corrected chi connectivity index (χ0v) is 7.88. The highest BCUT2D eigenvalue weighted by molar-refractivity contribution is 4.95. The third-order valence-electron chi connectivity index (χ3n) is 3.65. The zero-order valence-electron chi connectivity index (χ0n) is 7.88. The fourth-order valence-electron chi connectivity index (χ4n) is 2.85. The van der Waals surface area contributed by atoms with Crippen LogP contribution in [-0.4, -0.2) is 24.5 Å². The van der Waals surface area contributed by atoms with Gasteiger partial charge in [0.25, 0.3) is 0 Å².